The lowest BCUT2D eigenvalue weighted by Crippen LogP contribution is -2.39. The summed E-state index contributed by atoms with van der Waals surface area (Å²) in [7, 11) is 0. The summed E-state index contributed by atoms with van der Waals surface area (Å²) in [5, 5.41) is 11.8. The van der Waals surface area contributed by atoms with Crippen molar-refractivity contribution in [3.05, 3.63) is 5.89 Å². The second-order valence-electron chi connectivity index (χ2n) is 7.78. The van der Waals surface area contributed by atoms with Gasteiger partial charge in [0.25, 0.3) is 0 Å². The first kappa shape index (κ1) is 14.8. The number of nitrogens with one attached hydrogen (secondary N) is 1. The van der Waals surface area contributed by atoms with Crippen LogP contribution < -0.4 is 10.2 Å². The molecule has 1 N–H and O–H groups in total. The van der Waals surface area contributed by atoms with Crippen molar-refractivity contribution in [1.29, 1.82) is 0 Å². The van der Waals surface area contributed by atoms with Crippen LogP contribution in [0, 0.1) is 5.41 Å². The smallest absolute Gasteiger partial charge is 0.318 e. The van der Waals surface area contributed by atoms with Crippen LogP contribution in [-0.2, 0) is 6.54 Å². The molecule has 5 heteroatoms. The van der Waals surface area contributed by atoms with Gasteiger partial charge in [0.05, 0.1) is 6.54 Å². The summed E-state index contributed by atoms with van der Waals surface area (Å²) in [6.45, 7) is 9.17. The summed E-state index contributed by atoms with van der Waals surface area (Å²) in [6, 6.07) is 0.702. The highest BCUT2D eigenvalue weighted by Gasteiger charge is 2.37. The highest BCUT2D eigenvalue weighted by atomic mass is 16.4. The van der Waals surface area contributed by atoms with Crippen molar-refractivity contribution in [2.75, 3.05) is 18.0 Å². The third kappa shape index (κ3) is 3.57. The Morgan fingerprint density at radius 2 is 1.76 bits per heavy atom. The standard InChI is InChI=1S/C16H28N4O/c1-15(2,3)17-12-13-18-19-14(21-13)20-10-8-16(9-11-20)6-4-5-7-16/h17H,4-12H2,1-3H3. The number of hydrogen-bond donors (Lipinski definition) is 1. The van der Waals surface area contributed by atoms with Crippen LogP contribution in [0.2, 0.25) is 0 Å². The lowest BCUT2D eigenvalue weighted by molar-refractivity contribution is 0.222. The summed E-state index contributed by atoms with van der Waals surface area (Å²) in [5.74, 6) is 0.682. The van der Waals surface area contributed by atoms with Crippen LogP contribution in [0.25, 0.3) is 0 Å². The molecule has 0 aromatic carbocycles. The van der Waals surface area contributed by atoms with Gasteiger partial charge in [-0.05, 0) is 51.9 Å². The minimum Gasteiger partial charge on any atom is -0.407 e. The van der Waals surface area contributed by atoms with Crippen molar-refractivity contribution in [3.8, 4) is 0 Å². The first-order valence-corrected chi connectivity index (χ1v) is 8.28. The summed E-state index contributed by atoms with van der Waals surface area (Å²) in [6.07, 6.45) is 8.25. The van der Waals surface area contributed by atoms with Gasteiger partial charge in [0.2, 0.25) is 5.89 Å². The predicted molar refractivity (Wildman–Crippen MR) is 83.2 cm³/mol. The van der Waals surface area contributed by atoms with E-state index in [1.165, 1.54) is 38.5 Å². The highest BCUT2D eigenvalue weighted by Crippen LogP contribution is 2.46. The van der Waals surface area contributed by atoms with Gasteiger partial charge >= 0.3 is 6.01 Å². The van der Waals surface area contributed by atoms with Crippen LogP contribution in [0.5, 0.6) is 0 Å². The summed E-state index contributed by atoms with van der Waals surface area (Å²) < 4.78 is 5.81. The third-order valence-electron chi connectivity index (χ3n) is 4.98. The van der Waals surface area contributed by atoms with E-state index in [0.717, 1.165) is 13.1 Å². The van der Waals surface area contributed by atoms with Gasteiger partial charge in [-0.1, -0.05) is 17.9 Å². The van der Waals surface area contributed by atoms with E-state index in [1.54, 1.807) is 0 Å². The zero-order valence-electron chi connectivity index (χ0n) is 13.6. The largest absolute Gasteiger partial charge is 0.407 e. The number of hydrogen-bond acceptors (Lipinski definition) is 5. The molecular weight excluding hydrogens is 264 g/mol. The van der Waals surface area contributed by atoms with Crippen molar-refractivity contribution < 1.29 is 4.42 Å². The van der Waals surface area contributed by atoms with E-state index < -0.39 is 0 Å². The van der Waals surface area contributed by atoms with Crippen molar-refractivity contribution in [3.63, 3.8) is 0 Å². The van der Waals surface area contributed by atoms with E-state index in [9.17, 15) is 0 Å². The third-order valence-corrected chi connectivity index (χ3v) is 4.98. The fourth-order valence-electron chi connectivity index (χ4n) is 3.58. The Bertz CT molecular complexity index is 461. The number of anilines is 1. The number of piperidine rings is 1. The molecule has 2 aliphatic rings. The van der Waals surface area contributed by atoms with E-state index in [-0.39, 0.29) is 5.54 Å². The van der Waals surface area contributed by atoms with Crippen molar-refractivity contribution >= 4 is 6.01 Å². The van der Waals surface area contributed by atoms with Crippen LogP contribution in [0.4, 0.5) is 6.01 Å². The molecule has 1 saturated carbocycles. The normalized spacial score (nSPS) is 22.1. The van der Waals surface area contributed by atoms with Gasteiger partial charge in [-0.3, -0.25) is 0 Å². The number of nitrogens with zero attached hydrogens (tertiary/aromatic N) is 3. The zero-order chi connectivity index (χ0) is 14.9. The lowest BCUT2D eigenvalue weighted by Gasteiger charge is -2.38. The van der Waals surface area contributed by atoms with Gasteiger partial charge in [-0.2, -0.15) is 0 Å². The summed E-state index contributed by atoms with van der Waals surface area (Å²) in [5.41, 5.74) is 0.696. The molecular formula is C16H28N4O. The molecule has 1 aliphatic carbocycles. The Balaban J connectivity index is 1.55. The predicted octanol–water partition coefficient (Wildman–Crippen LogP) is 3.12. The molecule has 2 heterocycles. The van der Waals surface area contributed by atoms with Crippen molar-refractivity contribution in [1.82, 2.24) is 15.5 Å². The van der Waals surface area contributed by atoms with Gasteiger partial charge in [0.15, 0.2) is 0 Å². The Morgan fingerprint density at radius 3 is 2.38 bits per heavy atom. The quantitative estimate of drug-likeness (QED) is 0.927. The molecule has 0 unspecified atom stereocenters. The molecule has 1 spiro atoms. The van der Waals surface area contributed by atoms with E-state index in [1.807, 2.05) is 0 Å². The van der Waals surface area contributed by atoms with Gasteiger partial charge in [0.1, 0.15) is 0 Å². The molecule has 0 radical (unpaired) electrons. The maximum absolute atomic E-state index is 5.81. The number of aromatic nitrogens is 2. The Hall–Kier alpha value is -1.10. The fourth-order valence-corrected chi connectivity index (χ4v) is 3.58. The Morgan fingerprint density at radius 1 is 1.10 bits per heavy atom. The minimum atomic E-state index is 0.0641. The Labute approximate surface area is 127 Å². The van der Waals surface area contributed by atoms with E-state index in [0.29, 0.717) is 23.9 Å². The molecule has 21 heavy (non-hydrogen) atoms. The van der Waals surface area contributed by atoms with Gasteiger partial charge in [-0.15, -0.1) is 5.10 Å². The first-order chi connectivity index (χ1) is 9.96. The highest BCUT2D eigenvalue weighted by molar-refractivity contribution is 5.25. The van der Waals surface area contributed by atoms with Crippen LogP contribution in [-0.4, -0.2) is 28.8 Å². The Kier molecular flexibility index (Phi) is 3.95. The molecule has 1 aromatic rings. The monoisotopic (exact) mass is 292 g/mol. The molecule has 5 nitrogen and oxygen atoms in total. The molecule has 0 amide bonds. The van der Waals surface area contributed by atoms with E-state index >= 15 is 0 Å². The van der Waals surface area contributed by atoms with Gasteiger partial charge < -0.3 is 14.6 Å². The van der Waals surface area contributed by atoms with Crippen LogP contribution in [0.3, 0.4) is 0 Å². The summed E-state index contributed by atoms with van der Waals surface area (Å²) in [4.78, 5) is 2.26. The molecule has 118 valence electrons. The lowest BCUT2D eigenvalue weighted by atomic mass is 9.77. The minimum absolute atomic E-state index is 0.0641. The van der Waals surface area contributed by atoms with Gasteiger partial charge in [-0.25, -0.2) is 0 Å². The molecule has 2 fully saturated rings. The van der Waals surface area contributed by atoms with E-state index in [4.69, 9.17) is 4.42 Å². The second kappa shape index (κ2) is 5.59. The van der Waals surface area contributed by atoms with E-state index in [2.05, 4.69) is 41.2 Å². The molecule has 3 rings (SSSR count). The van der Waals surface area contributed by atoms with Crippen LogP contribution in [0.15, 0.2) is 4.42 Å². The zero-order valence-corrected chi connectivity index (χ0v) is 13.6. The second-order valence-corrected chi connectivity index (χ2v) is 7.78. The molecule has 1 saturated heterocycles. The topological polar surface area (TPSA) is 54.2 Å². The molecule has 1 aliphatic heterocycles. The first-order valence-electron chi connectivity index (χ1n) is 8.28. The fraction of sp³-hybridized carbons (Fsp3) is 0.875. The molecule has 1 aromatic heterocycles. The van der Waals surface area contributed by atoms with Gasteiger partial charge in [0, 0.05) is 18.6 Å². The number of rotatable bonds is 3. The van der Waals surface area contributed by atoms with Crippen molar-refractivity contribution in [2.45, 2.75) is 71.4 Å². The van der Waals surface area contributed by atoms with Crippen LogP contribution in [0.1, 0.15) is 65.2 Å². The SMILES string of the molecule is CC(C)(C)NCc1nnc(N2CCC3(CCCC3)CC2)o1. The summed E-state index contributed by atoms with van der Waals surface area (Å²) >= 11 is 0. The average molecular weight is 292 g/mol. The molecule has 0 bridgehead atoms. The average Bonchev–Trinajstić information content (AvgIpc) is 3.07. The molecule has 0 atom stereocenters. The van der Waals surface area contributed by atoms with Crippen molar-refractivity contribution in [2.24, 2.45) is 5.41 Å². The maximum Gasteiger partial charge on any atom is 0.318 e. The van der Waals surface area contributed by atoms with Crippen LogP contribution >= 0.6 is 0 Å². The maximum atomic E-state index is 5.81.